The Bertz CT molecular complexity index is 697. The predicted molar refractivity (Wildman–Crippen MR) is 76.0 cm³/mol. The SMILES string of the molecule is C#Cc1c(=CCC)c(=CC)cc2ccccc12. The molecule has 0 bridgehead atoms. The summed E-state index contributed by atoms with van der Waals surface area (Å²) in [5.74, 6) is 2.85. The zero-order chi connectivity index (χ0) is 12.3. The fraction of sp³-hybridized carbons (Fsp3) is 0.176. The van der Waals surface area contributed by atoms with Crippen molar-refractivity contribution in [2.45, 2.75) is 20.3 Å². The summed E-state index contributed by atoms with van der Waals surface area (Å²) in [5, 5.41) is 4.79. The first-order valence-electron chi connectivity index (χ1n) is 5.96. The van der Waals surface area contributed by atoms with E-state index in [1.165, 1.54) is 21.2 Å². The van der Waals surface area contributed by atoms with Gasteiger partial charge in [0.2, 0.25) is 0 Å². The summed E-state index contributed by atoms with van der Waals surface area (Å²) in [7, 11) is 0. The van der Waals surface area contributed by atoms with Gasteiger partial charge in [-0.1, -0.05) is 49.3 Å². The third kappa shape index (κ3) is 1.97. The van der Waals surface area contributed by atoms with Gasteiger partial charge in [-0.15, -0.1) is 6.42 Å². The van der Waals surface area contributed by atoms with Gasteiger partial charge in [-0.05, 0) is 40.6 Å². The topological polar surface area (TPSA) is 0 Å². The number of benzene rings is 2. The Balaban J connectivity index is 3.08. The summed E-state index contributed by atoms with van der Waals surface area (Å²) >= 11 is 0. The van der Waals surface area contributed by atoms with Crippen LogP contribution in [-0.2, 0) is 0 Å². The lowest BCUT2D eigenvalue weighted by Crippen LogP contribution is -2.27. The van der Waals surface area contributed by atoms with E-state index < -0.39 is 0 Å². The van der Waals surface area contributed by atoms with E-state index in [4.69, 9.17) is 6.42 Å². The molecule has 84 valence electrons. The summed E-state index contributed by atoms with van der Waals surface area (Å²) in [6.45, 7) is 4.19. The quantitative estimate of drug-likeness (QED) is 0.648. The van der Waals surface area contributed by atoms with Gasteiger partial charge >= 0.3 is 0 Å². The maximum atomic E-state index is 5.69. The molecule has 0 N–H and O–H groups in total. The van der Waals surface area contributed by atoms with E-state index in [0.29, 0.717) is 0 Å². The molecule has 0 nitrogen and oxygen atoms in total. The lowest BCUT2D eigenvalue weighted by molar-refractivity contribution is 1.28. The molecule has 17 heavy (non-hydrogen) atoms. The third-order valence-electron chi connectivity index (χ3n) is 2.99. The van der Waals surface area contributed by atoms with Gasteiger partial charge in [-0.2, -0.15) is 0 Å². The molecule has 0 aliphatic heterocycles. The number of hydrogen-bond acceptors (Lipinski definition) is 0. The molecule has 0 spiro atoms. The molecule has 0 heteroatoms. The van der Waals surface area contributed by atoms with Gasteiger partial charge in [0, 0.05) is 5.56 Å². The minimum atomic E-state index is 0.994. The number of terminal acetylenes is 1. The Morgan fingerprint density at radius 2 is 2.06 bits per heavy atom. The normalized spacial score (nSPS) is 13.0. The second-order valence-electron chi connectivity index (χ2n) is 4.02. The molecule has 2 rings (SSSR count). The van der Waals surface area contributed by atoms with Crippen LogP contribution in [0.3, 0.4) is 0 Å². The molecule has 0 aliphatic carbocycles. The van der Waals surface area contributed by atoms with E-state index in [0.717, 1.165) is 12.0 Å². The van der Waals surface area contributed by atoms with Gasteiger partial charge in [0.15, 0.2) is 0 Å². The van der Waals surface area contributed by atoms with Crippen LogP contribution in [0, 0.1) is 12.3 Å². The fourth-order valence-corrected chi connectivity index (χ4v) is 2.20. The highest BCUT2D eigenvalue weighted by molar-refractivity contribution is 5.88. The number of hydrogen-bond donors (Lipinski definition) is 0. The number of fused-ring (bicyclic) bond motifs is 1. The van der Waals surface area contributed by atoms with E-state index in [1.807, 2.05) is 12.1 Å². The standard InChI is InChI=1S/C17H16/c1-4-9-16-13(5-2)12-14-10-7-8-11-17(14)15(16)6-3/h3,5,7-12H,4H2,1-2H3. The molecule has 0 heterocycles. The van der Waals surface area contributed by atoms with Crippen LogP contribution in [0.1, 0.15) is 25.8 Å². The minimum Gasteiger partial charge on any atom is -0.115 e. The van der Waals surface area contributed by atoms with Crippen molar-refractivity contribution in [1.29, 1.82) is 0 Å². The highest BCUT2D eigenvalue weighted by Crippen LogP contribution is 2.13. The molecule has 0 aromatic heterocycles. The second-order valence-corrected chi connectivity index (χ2v) is 4.02. The largest absolute Gasteiger partial charge is 0.115 e. The maximum absolute atomic E-state index is 5.69. The zero-order valence-electron chi connectivity index (χ0n) is 10.3. The van der Waals surface area contributed by atoms with Crippen LogP contribution in [0.25, 0.3) is 22.9 Å². The molecule has 0 radical (unpaired) electrons. The maximum Gasteiger partial charge on any atom is 0.0396 e. The van der Waals surface area contributed by atoms with Crippen LogP contribution in [0.15, 0.2) is 30.3 Å². The van der Waals surface area contributed by atoms with Crippen LogP contribution in [-0.4, -0.2) is 0 Å². The van der Waals surface area contributed by atoms with Crippen molar-refractivity contribution in [3.8, 4) is 12.3 Å². The molecule has 2 aromatic carbocycles. The molecule has 0 amide bonds. The first kappa shape index (κ1) is 11.5. The summed E-state index contributed by atoms with van der Waals surface area (Å²) in [4.78, 5) is 0. The summed E-state index contributed by atoms with van der Waals surface area (Å²) in [6, 6.07) is 10.5. The van der Waals surface area contributed by atoms with E-state index in [9.17, 15) is 0 Å². The Morgan fingerprint density at radius 1 is 1.29 bits per heavy atom. The van der Waals surface area contributed by atoms with Crippen molar-refractivity contribution in [1.82, 2.24) is 0 Å². The van der Waals surface area contributed by atoms with Crippen molar-refractivity contribution in [3.63, 3.8) is 0 Å². The zero-order valence-corrected chi connectivity index (χ0v) is 10.3. The second kappa shape index (κ2) is 4.89. The molecule has 2 aromatic rings. The molecular formula is C17H16. The highest BCUT2D eigenvalue weighted by atomic mass is 14.0. The Kier molecular flexibility index (Phi) is 3.30. The van der Waals surface area contributed by atoms with Crippen LogP contribution >= 0.6 is 0 Å². The lowest BCUT2D eigenvalue weighted by Gasteiger charge is -2.03. The van der Waals surface area contributed by atoms with Crippen LogP contribution in [0.2, 0.25) is 0 Å². The van der Waals surface area contributed by atoms with Crippen LogP contribution in [0.5, 0.6) is 0 Å². The average Bonchev–Trinajstić information content (AvgIpc) is 2.38. The predicted octanol–water partition coefficient (Wildman–Crippen LogP) is 2.81. The van der Waals surface area contributed by atoms with Crippen LogP contribution in [0.4, 0.5) is 0 Å². The van der Waals surface area contributed by atoms with E-state index in [1.54, 1.807) is 0 Å². The molecule has 0 atom stereocenters. The Labute approximate surface area is 102 Å². The number of rotatable bonds is 1. The molecule has 0 fully saturated rings. The van der Waals surface area contributed by atoms with Gasteiger partial charge < -0.3 is 0 Å². The third-order valence-corrected chi connectivity index (χ3v) is 2.99. The summed E-state index contributed by atoms with van der Waals surface area (Å²) in [6.07, 6.45) is 11.0. The smallest absolute Gasteiger partial charge is 0.0396 e. The highest BCUT2D eigenvalue weighted by Gasteiger charge is 2.01. The van der Waals surface area contributed by atoms with Crippen molar-refractivity contribution in [2.75, 3.05) is 0 Å². The molecule has 0 aliphatic rings. The average molecular weight is 220 g/mol. The molecule has 0 saturated carbocycles. The Morgan fingerprint density at radius 3 is 2.71 bits per heavy atom. The van der Waals surface area contributed by atoms with Gasteiger partial charge in [-0.25, -0.2) is 0 Å². The first-order chi connectivity index (χ1) is 8.31. The molecular weight excluding hydrogens is 204 g/mol. The monoisotopic (exact) mass is 220 g/mol. The van der Waals surface area contributed by atoms with Crippen molar-refractivity contribution < 1.29 is 0 Å². The van der Waals surface area contributed by atoms with Gasteiger partial charge in [0.05, 0.1) is 0 Å². The van der Waals surface area contributed by atoms with Gasteiger partial charge in [0.1, 0.15) is 0 Å². The van der Waals surface area contributed by atoms with Crippen molar-refractivity contribution >= 4 is 22.9 Å². The van der Waals surface area contributed by atoms with Gasteiger partial charge in [-0.3, -0.25) is 0 Å². The van der Waals surface area contributed by atoms with Crippen molar-refractivity contribution in [3.05, 3.63) is 46.3 Å². The van der Waals surface area contributed by atoms with E-state index in [-0.39, 0.29) is 0 Å². The van der Waals surface area contributed by atoms with Gasteiger partial charge in [0.25, 0.3) is 0 Å². The lowest BCUT2D eigenvalue weighted by atomic mass is 10.00. The minimum absolute atomic E-state index is 0.994. The molecule has 0 unspecified atom stereocenters. The van der Waals surface area contributed by atoms with E-state index in [2.05, 4.69) is 50.1 Å². The summed E-state index contributed by atoms with van der Waals surface area (Å²) in [5.41, 5.74) is 1.01. The summed E-state index contributed by atoms with van der Waals surface area (Å²) < 4.78 is 0. The first-order valence-corrected chi connectivity index (χ1v) is 5.96. The van der Waals surface area contributed by atoms with E-state index >= 15 is 0 Å². The van der Waals surface area contributed by atoms with Crippen molar-refractivity contribution in [2.24, 2.45) is 0 Å². The Hall–Kier alpha value is -2.00. The molecule has 0 saturated heterocycles. The van der Waals surface area contributed by atoms with Crippen LogP contribution < -0.4 is 10.4 Å². The fourth-order valence-electron chi connectivity index (χ4n) is 2.20.